The van der Waals surface area contributed by atoms with Gasteiger partial charge in [-0.25, -0.2) is 9.97 Å². The van der Waals surface area contributed by atoms with Gasteiger partial charge in [-0.15, -0.1) is 0 Å². The van der Waals surface area contributed by atoms with Crippen LogP contribution < -0.4 is 4.90 Å². The molecule has 0 amide bonds. The molecule has 0 saturated carbocycles. The van der Waals surface area contributed by atoms with Crippen molar-refractivity contribution in [1.29, 1.82) is 0 Å². The van der Waals surface area contributed by atoms with E-state index in [1.54, 1.807) is 0 Å². The molecule has 0 unspecified atom stereocenters. The highest BCUT2D eigenvalue weighted by Gasteiger charge is 2.18. The van der Waals surface area contributed by atoms with E-state index in [1.807, 2.05) is 24.5 Å². The molecule has 5 heteroatoms. The SMILES string of the molecule is CC(C)c1ncc(-n2c3ccccc3c3cc(-c4ccc(N(c5ccc(-c6ccccc6)cc5)c5ccc6oc7ccccc7c6c5)cc4)ccc32)cn1. The smallest absolute Gasteiger partial charge is 0.135 e. The summed E-state index contributed by atoms with van der Waals surface area (Å²) in [7, 11) is 0. The summed E-state index contributed by atoms with van der Waals surface area (Å²) in [4.78, 5) is 11.7. The molecule has 3 aromatic heterocycles. The van der Waals surface area contributed by atoms with Gasteiger partial charge in [0.2, 0.25) is 0 Å². The molecule has 0 aliphatic heterocycles. The van der Waals surface area contributed by atoms with Crippen LogP contribution in [0.2, 0.25) is 0 Å². The standard InChI is InChI=1S/C49H36N4O/c1-32(2)49-50-30-40(31-51-49)53-45-14-8-6-12-41(45)43-28-36(20-26-46(43)53)35-18-23-38(24-19-35)52(37-21-16-34(17-22-37)33-10-4-3-5-11-33)39-25-27-48-44(29-39)42-13-7-9-15-47(42)54-48/h3-32H,1-2H3. The van der Waals surface area contributed by atoms with Crippen LogP contribution in [0, 0.1) is 0 Å². The first-order valence-corrected chi connectivity index (χ1v) is 18.4. The van der Waals surface area contributed by atoms with Gasteiger partial charge in [0.05, 0.1) is 29.1 Å². The van der Waals surface area contributed by atoms with Crippen molar-refractivity contribution in [1.82, 2.24) is 14.5 Å². The molecule has 0 saturated heterocycles. The van der Waals surface area contributed by atoms with Gasteiger partial charge >= 0.3 is 0 Å². The van der Waals surface area contributed by atoms with Crippen LogP contribution in [-0.2, 0) is 0 Å². The molecule has 5 nitrogen and oxygen atoms in total. The van der Waals surface area contributed by atoms with E-state index in [0.717, 1.165) is 72.7 Å². The molecule has 3 heterocycles. The normalized spacial score (nSPS) is 11.7. The lowest BCUT2D eigenvalue weighted by Crippen LogP contribution is -2.09. The number of anilines is 3. The maximum atomic E-state index is 6.20. The van der Waals surface area contributed by atoms with E-state index in [-0.39, 0.29) is 5.92 Å². The molecule has 7 aromatic carbocycles. The molecule has 0 spiro atoms. The van der Waals surface area contributed by atoms with Gasteiger partial charge in [-0.1, -0.05) is 111 Å². The summed E-state index contributed by atoms with van der Waals surface area (Å²) in [5, 5.41) is 4.61. The minimum atomic E-state index is 0.277. The van der Waals surface area contributed by atoms with Crippen molar-refractivity contribution in [2.45, 2.75) is 19.8 Å². The second kappa shape index (κ2) is 12.9. The second-order valence-electron chi connectivity index (χ2n) is 14.1. The van der Waals surface area contributed by atoms with Crippen LogP contribution in [0.3, 0.4) is 0 Å². The van der Waals surface area contributed by atoms with Crippen molar-refractivity contribution in [3.63, 3.8) is 0 Å². The van der Waals surface area contributed by atoms with E-state index in [1.165, 1.54) is 21.9 Å². The number of fused-ring (bicyclic) bond motifs is 6. The van der Waals surface area contributed by atoms with Crippen molar-refractivity contribution >= 4 is 60.8 Å². The van der Waals surface area contributed by atoms with Crippen LogP contribution >= 0.6 is 0 Å². The van der Waals surface area contributed by atoms with E-state index in [0.29, 0.717) is 0 Å². The fraction of sp³-hybridized carbons (Fsp3) is 0.0612. The Morgan fingerprint density at radius 2 is 1.02 bits per heavy atom. The predicted octanol–water partition coefficient (Wildman–Crippen LogP) is 13.4. The first kappa shape index (κ1) is 31.7. The van der Waals surface area contributed by atoms with Gasteiger partial charge in [-0.2, -0.15) is 0 Å². The summed E-state index contributed by atoms with van der Waals surface area (Å²) >= 11 is 0. The lowest BCUT2D eigenvalue weighted by molar-refractivity contribution is 0.669. The zero-order chi connectivity index (χ0) is 36.2. The number of hydrogen-bond donors (Lipinski definition) is 0. The highest BCUT2D eigenvalue weighted by Crippen LogP contribution is 2.41. The third-order valence-electron chi connectivity index (χ3n) is 10.4. The molecule has 10 aromatic rings. The zero-order valence-electron chi connectivity index (χ0n) is 30.0. The quantitative estimate of drug-likeness (QED) is 0.166. The Morgan fingerprint density at radius 1 is 0.463 bits per heavy atom. The average molecular weight is 697 g/mol. The number of aromatic nitrogens is 3. The third kappa shape index (κ3) is 5.41. The molecule has 0 aliphatic rings. The summed E-state index contributed by atoms with van der Waals surface area (Å²) in [5.74, 6) is 1.13. The van der Waals surface area contributed by atoms with E-state index >= 15 is 0 Å². The molecular weight excluding hydrogens is 661 g/mol. The van der Waals surface area contributed by atoms with Crippen LogP contribution in [0.25, 0.3) is 71.7 Å². The monoisotopic (exact) mass is 696 g/mol. The van der Waals surface area contributed by atoms with Gasteiger partial charge in [-0.05, 0) is 89.0 Å². The van der Waals surface area contributed by atoms with Gasteiger partial charge in [0.25, 0.3) is 0 Å². The van der Waals surface area contributed by atoms with Crippen molar-refractivity contribution in [3.05, 3.63) is 182 Å². The second-order valence-corrected chi connectivity index (χ2v) is 14.1. The lowest BCUT2D eigenvalue weighted by atomic mass is 10.0. The van der Waals surface area contributed by atoms with Crippen molar-refractivity contribution in [2.24, 2.45) is 0 Å². The van der Waals surface area contributed by atoms with Crippen LogP contribution in [-0.4, -0.2) is 14.5 Å². The summed E-state index contributed by atoms with van der Waals surface area (Å²) in [6, 6.07) is 58.3. The number of benzene rings is 7. The van der Waals surface area contributed by atoms with Gasteiger partial charge in [-0.3, -0.25) is 0 Å². The first-order valence-electron chi connectivity index (χ1n) is 18.4. The van der Waals surface area contributed by atoms with Crippen LogP contribution in [0.5, 0.6) is 0 Å². The molecule has 0 fully saturated rings. The number of furan rings is 1. The minimum Gasteiger partial charge on any atom is -0.456 e. The number of rotatable bonds is 7. The van der Waals surface area contributed by atoms with E-state index in [9.17, 15) is 0 Å². The van der Waals surface area contributed by atoms with E-state index in [2.05, 4.69) is 185 Å². The van der Waals surface area contributed by atoms with Crippen LogP contribution in [0.15, 0.2) is 181 Å². The highest BCUT2D eigenvalue weighted by molar-refractivity contribution is 6.10. The molecular formula is C49H36N4O. The van der Waals surface area contributed by atoms with Crippen molar-refractivity contribution in [2.75, 3.05) is 4.90 Å². The Morgan fingerprint density at radius 3 is 1.74 bits per heavy atom. The summed E-state index contributed by atoms with van der Waals surface area (Å²) in [6.45, 7) is 4.23. The molecule has 258 valence electrons. The molecule has 0 N–H and O–H groups in total. The van der Waals surface area contributed by atoms with Crippen molar-refractivity contribution in [3.8, 4) is 27.9 Å². The number of nitrogens with zero attached hydrogens (tertiary/aromatic N) is 4. The Kier molecular flexibility index (Phi) is 7.58. The fourth-order valence-corrected chi connectivity index (χ4v) is 7.71. The van der Waals surface area contributed by atoms with E-state index in [4.69, 9.17) is 4.42 Å². The molecule has 10 rings (SSSR count). The Balaban J connectivity index is 1.06. The van der Waals surface area contributed by atoms with Gasteiger partial charge in [0, 0.05) is 44.5 Å². The molecule has 0 bridgehead atoms. The van der Waals surface area contributed by atoms with Gasteiger partial charge in [0.1, 0.15) is 17.0 Å². The van der Waals surface area contributed by atoms with Crippen molar-refractivity contribution < 1.29 is 4.42 Å². The third-order valence-corrected chi connectivity index (χ3v) is 10.4. The number of para-hydroxylation sites is 2. The highest BCUT2D eigenvalue weighted by atomic mass is 16.3. The molecule has 0 atom stereocenters. The minimum absolute atomic E-state index is 0.277. The van der Waals surface area contributed by atoms with E-state index < -0.39 is 0 Å². The topological polar surface area (TPSA) is 47.1 Å². The van der Waals surface area contributed by atoms with Gasteiger partial charge in [0.15, 0.2) is 0 Å². The van der Waals surface area contributed by atoms with Crippen LogP contribution in [0.1, 0.15) is 25.6 Å². The molecule has 0 aliphatic carbocycles. The first-order chi connectivity index (χ1) is 26.6. The Hall–Kier alpha value is -6.98. The van der Waals surface area contributed by atoms with Gasteiger partial charge < -0.3 is 13.9 Å². The maximum absolute atomic E-state index is 6.20. The predicted molar refractivity (Wildman–Crippen MR) is 223 cm³/mol. The summed E-state index contributed by atoms with van der Waals surface area (Å²) in [6.07, 6.45) is 3.88. The van der Waals surface area contributed by atoms with Crippen LogP contribution in [0.4, 0.5) is 17.1 Å². The summed E-state index contributed by atoms with van der Waals surface area (Å²) in [5.41, 5.74) is 12.9. The Bertz CT molecular complexity index is 2940. The maximum Gasteiger partial charge on any atom is 0.135 e. The lowest BCUT2D eigenvalue weighted by Gasteiger charge is -2.26. The zero-order valence-corrected chi connectivity index (χ0v) is 30.0. The molecule has 0 radical (unpaired) electrons. The Labute approximate surface area is 313 Å². The summed E-state index contributed by atoms with van der Waals surface area (Å²) < 4.78 is 8.47. The number of hydrogen-bond acceptors (Lipinski definition) is 4. The molecule has 54 heavy (non-hydrogen) atoms. The fourth-order valence-electron chi connectivity index (χ4n) is 7.71. The average Bonchev–Trinajstić information content (AvgIpc) is 3.77. The largest absolute Gasteiger partial charge is 0.456 e.